The van der Waals surface area contributed by atoms with Gasteiger partial charge in [-0.15, -0.1) is 0 Å². The highest BCUT2D eigenvalue weighted by Gasteiger charge is 2.22. The fourth-order valence-corrected chi connectivity index (χ4v) is 3.53. The number of aromatic nitrogens is 3. The molecule has 1 atom stereocenters. The lowest BCUT2D eigenvalue weighted by Crippen LogP contribution is -2.19. The van der Waals surface area contributed by atoms with Crippen molar-refractivity contribution < 1.29 is 4.39 Å². The first-order chi connectivity index (χ1) is 12.7. The molecule has 4 rings (SSSR count). The van der Waals surface area contributed by atoms with Crippen LogP contribution in [0, 0.1) is 12.7 Å². The number of nitrogens with one attached hydrogen (secondary N) is 1. The van der Waals surface area contributed by atoms with Crippen molar-refractivity contribution in [1.29, 1.82) is 0 Å². The Morgan fingerprint density at radius 1 is 1.04 bits per heavy atom. The topological polar surface area (TPSA) is 50.7 Å². The highest BCUT2D eigenvalue weighted by molar-refractivity contribution is 5.51. The summed E-state index contributed by atoms with van der Waals surface area (Å²) in [6.07, 6.45) is 6.01. The molecule has 1 aliphatic carbocycles. The van der Waals surface area contributed by atoms with Gasteiger partial charge in [-0.1, -0.05) is 18.2 Å². The summed E-state index contributed by atoms with van der Waals surface area (Å²) in [5.41, 5.74) is 3.97. The van der Waals surface area contributed by atoms with Crippen molar-refractivity contribution in [3.05, 3.63) is 82.8 Å². The average Bonchev–Trinajstić information content (AvgIpc) is 2.66. The lowest BCUT2D eigenvalue weighted by Gasteiger charge is -2.24. The zero-order valence-corrected chi connectivity index (χ0v) is 14.7. The second kappa shape index (κ2) is 7.20. The van der Waals surface area contributed by atoms with E-state index in [9.17, 15) is 4.39 Å². The number of halogens is 1. The summed E-state index contributed by atoms with van der Waals surface area (Å²) in [6.45, 7) is 1.91. The molecule has 5 heteroatoms. The lowest BCUT2D eigenvalue weighted by molar-refractivity contribution is 0.624. The molecule has 132 valence electrons. The normalized spacial score (nSPS) is 14.5. The summed E-state index contributed by atoms with van der Waals surface area (Å²) in [5.74, 6) is 1.34. The van der Waals surface area contributed by atoms with Gasteiger partial charge >= 0.3 is 0 Å². The van der Waals surface area contributed by atoms with Crippen LogP contribution in [0.4, 0.5) is 10.2 Å². The molecule has 2 aromatic heterocycles. The summed E-state index contributed by atoms with van der Waals surface area (Å²) in [7, 11) is 0. The third-order valence-electron chi connectivity index (χ3n) is 4.74. The van der Waals surface area contributed by atoms with E-state index in [4.69, 9.17) is 0 Å². The van der Waals surface area contributed by atoms with Gasteiger partial charge in [0.05, 0.1) is 11.7 Å². The van der Waals surface area contributed by atoms with Gasteiger partial charge in [0.15, 0.2) is 0 Å². The van der Waals surface area contributed by atoms with Crippen molar-refractivity contribution in [2.75, 3.05) is 5.32 Å². The number of hydrogen-bond acceptors (Lipinski definition) is 4. The van der Waals surface area contributed by atoms with E-state index in [0.29, 0.717) is 0 Å². The Labute approximate surface area is 152 Å². The zero-order chi connectivity index (χ0) is 17.9. The molecular weight excluding hydrogens is 327 g/mol. The second-order valence-corrected chi connectivity index (χ2v) is 6.64. The maximum absolute atomic E-state index is 13.8. The number of fused-ring (bicyclic) bond motifs is 1. The predicted molar refractivity (Wildman–Crippen MR) is 99.5 cm³/mol. The maximum atomic E-state index is 13.8. The standard InChI is InChI=1S/C21H21FN4/c1-14-24-18-10-3-2-9-17(18)21(25-14)26-20(19-11-4-5-12-23-19)15-7-6-8-16(22)13-15/h4-8,11-13,20H,2-3,9-10H2,1H3,(H,24,25,26). The molecule has 26 heavy (non-hydrogen) atoms. The monoisotopic (exact) mass is 348 g/mol. The molecule has 3 aromatic rings. The van der Waals surface area contributed by atoms with Crippen LogP contribution in [0.15, 0.2) is 48.7 Å². The molecule has 1 unspecified atom stereocenters. The van der Waals surface area contributed by atoms with Crippen LogP contribution in [0.1, 0.15) is 47.2 Å². The van der Waals surface area contributed by atoms with E-state index >= 15 is 0 Å². The predicted octanol–water partition coefficient (Wildman–Crippen LogP) is 4.40. The molecule has 0 fully saturated rings. The number of rotatable bonds is 4. The highest BCUT2D eigenvalue weighted by Crippen LogP contribution is 2.30. The van der Waals surface area contributed by atoms with Crippen LogP contribution >= 0.6 is 0 Å². The first kappa shape index (κ1) is 16.6. The fourth-order valence-electron chi connectivity index (χ4n) is 3.53. The van der Waals surface area contributed by atoms with Crippen molar-refractivity contribution in [2.45, 2.75) is 38.6 Å². The number of benzene rings is 1. The second-order valence-electron chi connectivity index (χ2n) is 6.64. The van der Waals surface area contributed by atoms with Crippen LogP contribution in [-0.4, -0.2) is 15.0 Å². The summed E-state index contributed by atoms with van der Waals surface area (Å²) >= 11 is 0. The summed E-state index contributed by atoms with van der Waals surface area (Å²) in [6, 6.07) is 12.1. The summed E-state index contributed by atoms with van der Waals surface area (Å²) < 4.78 is 13.8. The van der Waals surface area contributed by atoms with Crippen LogP contribution in [-0.2, 0) is 12.8 Å². The van der Waals surface area contributed by atoms with Crippen molar-refractivity contribution in [3.63, 3.8) is 0 Å². The largest absolute Gasteiger partial charge is 0.357 e. The van der Waals surface area contributed by atoms with Gasteiger partial charge < -0.3 is 5.32 Å². The van der Waals surface area contributed by atoms with E-state index in [1.165, 1.54) is 11.6 Å². The third kappa shape index (κ3) is 3.43. The van der Waals surface area contributed by atoms with Gasteiger partial charge in [0.1, 0.15) is 17.5 Å². The lowest BCUT2D eigenvalue weighted by atomic mass is 9.95. The van der Waals surface area contributed by atoms with E-state index in [2.05, 4.69) is 20.3 Å². The fraction of sp³-hybridized carbons (Fsp3) is 0.286. The van der Waals surface area contributed by atoms with E-state index in [1.807, 2.05) is 31.2 Å². The van der Waals surface area contributed by atoms with Crippen LogP contribution in [0.5, 0.6) is 0 Å². The van der Waals surface area contributed by atoms with E-state index in [0.717, 1.165) is 54.3 Å². The number of anilines is 1. The first-order valence-corrected chi connectivity index (χ1v) is 9.00. The van der Waals surface area contributed by atoms with Crippen LogP contribution < -0.4 is 5.32 Å². The van der Waals surface area contributed by atoms with Gasteiger partial charge in [-0.25, -0.2) is 14.4 Å². The van der Waals surface area contributed by atoms with Crippen LogP contribution in [0.3, 0.4) is 0 Å². The van der Waals surface area contributed by atoms with Crippen molar-refractivity contribution in [3.8, 4) is 0 Å². The van der Waals surface area contributed by atoms with Gasteiger partial charge in [0, 0.05) is 17.5 Å². The SMILES string of the molecule is Cc1nc2c(c(NC(c3cccc(F)c3)c3ccccn3)n1)CCCC2. The van der Waals surface area contributed by atoms with Gasteiger partial charge in [0.2, 0.25) is 0 Å². The maximum Gasteiger partial charge on any atom is 0.133 e. The average molecular weight is 348 g/mol. The smallest absolute Gasteiger partial charge is 0.133 e. The minimum absolute atomic E-state index is 0.258. The summed E-state index contributed by atoms with van der Waals surface area (Å²) in [5, 5.41) is 3.53. The Morgan fingerprint density at radius 3 is 2.73 bits per heavy atom. The van der Waals surface area contributed by atoms with Gasteiger partial charge in [0.25, 0.3) is 0 Å². The molecule has 0 bridgehead atoms. The number of pyridine rings is 1. The van der Waals surface area contributed by atoms with Crippen molar-refractivity contribution >= 4 is 5.82 Å². The third-order valence-corrected chi connectivity index (χ3v) is 4.74. The Balaban J connectivity index is 1.78. The number of hydrogen-bond donors (Lipinski definition) is 1. The molecule has 0 saturated carbocycles. The molecule has 2 heterocycles. The van der Waals surface area contributed by atoms with Crippen molar-refractivity contribution in [2.24, 2.45) is 0 Å². The first-order valence-electron chi connectivity index (χ1n) is 9.00. The number of aryl methyl sites for hydroxylation is 2. The molecule has 4 nitrogen and oxygen atoms in total. The molecule has 0 amide bonds. The highest BCUT2D eigenvalue weighted by atomic mass is 19.1. The Kier molecular flexibility index (Phi) is 4.61. The van der Waals surface area contributed by atoms with Crippen LogP contribution in [0.2, 0.25) is 0 Å². The number of nitrogens with zero attached hydrogens (tertiary/aromatic N) is 3. The van der Waals surface area contributed by atoms with Gasteiger partial charge in [-0.2, -0.15) is 0 Å². The molecule has 0 saturated heterocycles. The van der Waals surface area contributed by atoms with Gasteiger partial charge in [-0.3, -0.25) is 4.98 Å². The molecule has 0 aliphatic heterocycles. The summed E-state index contributed by atoms with van der Waals surface area (Å²) in [4.78, 5) is 13.8. The zero-order valence-electron chi connectivity index (χ0n) is 14.7. The molecular formula is C21H21FN4. The van der Waals surface area contributed by atoms with E-state index < -0.39 is 0 Å². The quantitative estimate of drug-likeness (QED) is 0.759. The van der Waals surface area contributed by atoms with Crippen molar-refractivity contribution in [1.82, 2.24) is 15.0 Å². The Morgan fingerprint density at radius 2 is 1.92 bits per heavy atom. The molecule has 1 aliphatic rings. The van der Waals surface area contributed by atoms with E-state index in [-0.39, 0.29) is 11.9 Å². The Hall–Kier alpha value is -2.82. The van der Waals surface area contributed by atoms with E-state index in [1.54, 1.807) is 18.3 Å². The van der Waals surface area contributed by atoms with Crippen LogP contribution in [0.25, 0.3) is 0 Å². The minimum Gasteiger partial charge on any atom is -0.357 e. The van der Waals surface area contributed by atoms with Gasteiger partial charge in [-0.05, 0) is 62.4 Å². The minimum atomic E-state index is -0.271. The molecule has 1 N–H and O–H groups in total. The molecule has 1 aromatic carbocycles. The molecule has 0 spiro atoms. The Bertz CT molecular complexity index is 911. The molecule has 0 radical (unpaired) electrons.